The maximum atomic E-state index is 3.63. The molecule has 0 bridgehead atoms. The molecule has 0 aromatic heterocycles. The van der Waals surface area contributed by atoms with E-state index in [-0.39, 0.29) is 0 Å². The molecular weight excluding hydrogens is 184 g/mol. The Hall–Kier alpha value is -0.0800. The van der Waals surface area contributed by atoms with Crippen molar-refractivity contribution < 1.29 is 0 Å². The van der Waals surface area contributed by atoms with Crippen LogP contribution in [0.1, 0.15) is 33.1 Å². The predicted octanol–water partition coefficient (Wildman–Crippen LogP) is 1.96. The van der Waals surface area contributed by atoms with E-state index in [4.69, 9.17) is 0 Å². The summed E-state index contributed by atoms with van der Waals surface area (Å²) in [6, 6.07) is 0. The summed E-state index contributed by atoms with van der Waals surface area (Å²) in [5, 5.41) is 3.63. The summed E-state index contributed by atoms with van der Waals surface area (Å²) in [7, 11) is 0. The van der Waals surface area contributed by atoms with Crippen LogP contribution in [0.4, 0.5) is 0 Å². The first-order valence-corrected chi connectivity index (χ1v) is 6.76. The van der Waals surface area contributed by atoms with Crippen LogP contribution in [0.15, 0.2) is 0 Å². The zero-order chi connectivity index (χ0) is 10.7. The maximum Gasteiger partial charge on any atom is 0.0107 e. The van der Waals surface area contributed by atoms with Crippen molar-refractivity contribution >= 4 is 0 Å². The number of nitrogens with one attached hydrogen (secondary N) is 1. The minimum Gasteiger partial charge on any atom is -0.315 e. The molecule has 2 heteroatoms. The smallest absolute Gasteiger partial charge is 0.0107 e. The van der Waals surface area contributed by atoms with Crippen molar-refractivity contribution in [1.82, 2.24) is 10.2 Å². The van der Waals surface area contributed by atoms with Gasteiger partial charge in [0.05, 0.1) is 0 Å². The molecule has 88 valence electrons. The van der Waals surface area contributed by atoms with E-state index in [2.05, 4.69) is 24.1 Å². The average Bonchev–Trinajstić information content (AvgIpc) is 2.87. The highest BCUT2D eigenvalue weighted by Crippen LogP contribution is 2.54. The van der Waals surface area contributed by atoms with E-state index < -0.39 is 0 Å². The fourth-order valence-corrected chi connectivity index (χ4v) is 3.09. The van der Waals surface area contributed by atoms with Gasteiger partial charge in [0.15, 0.2) is 0 Å². The van der Waals surface area contributed by atoms with Crippen molar-refractivity contribution in [1.29, 1.82) is 0 Å². The number of hydrogen-bond donors (Lipinski definition) is 1. The molecule has 1 N–H and O–H groups in total. The lowest BCUT2D eigenvalue weighted by atomic mass is 10.0. The van der Waals surface area contributed by atoms with Crippen LogP contribution in [-0.2, 0) is 0 Å². The second-order valence-corrected chi connectivity index (χ2v) is 5.32. The summed E-state index contributed by atoms with van der Waals surface area (Å²) in [4.78, 5) is 2.49. The van der Waals surface area contributed by atoms with Crippen molar-refractivity contribution in [3.63, 3.8) is 0 Å². The average molecular weight is 210 g/mol. The maximum absolute atomic E-state index is 3.63. The van der Waals surface area contributed by atoms with Gasteiger partial charge in [-0.05, 0) is 56.7 Å². The van der Waals surface area contributed by atoms with Gasteiger partial charge in [-0.2, -0.15) is 0 Å². The van der Waals surface area contributed by atoms with E-state index in [1.807, 2.05) is 0 Å². The third kappa shape index (κ3) is 3.18. The Kier molecular flexibility index (Phi) is 4.04. The lowest BCUT2D eigenvalue weighted by molar-refractivity contribution is 0.297. The van der Waals surface area contributed by atoms with E-state index >= 15 is 0 Å². The van der Waals surface area contributed by atoms with Crippen LogP contribution in [0.5, 0.6) is 0 Å². The molecule has 0 aromatic carbocycles. The van der Waals surface area contributed by atoms with Gasteiger partial charge >= 0.3 is 0 Å². The summed E-state index contributed by atoms with van der Waals surface area (Å²) < 4.78 is 0. The van der Waals surface area contributed by atoms with Gasteiger partial charge in [0.2, 0.25) is 0 Å². The molecule has 2 saturated carbocycles. The van der Waals surface area contributed by atoms with Gasteiger partial charge in [-0.15, -0.1) is 0 Å². The van der Waals surface area contributed by atoms with Crippen molar-refractivity contribution in [3.05, 3.63) is 0 Å². The molecule has 0 heterocycles. The van der Waals surface area contributed by atoms with E-state index in [0.29, 0.717) is 0 Å². The van der Waals surface area contributed by atoms with Crippen molar-refractivity contribution in [2.45, 2.75) is 33.1 Å². The molecule has 0 amide bonds. The SMILES string of the molecule is CCN(CC)CCNCC1CC2CC2C1. The summed E-state index contributed by atoms with van der Waals surface area (Å²) in [5.74, 6) is 3.28. The van der Waals surface area contributed by atoms with Gasteiger partial charge in [0, 0.05) is 13.1 Å². The molecule has 2 rings (SSSR count). The van der Waals surface area contributed by atoms with Crippen molar-refractivity contribution in [3.8, 4) is 0 Å². The second kappa shape index (κ2) is 5.31. The fraction of sp³-hybridized carbons (Fsp3) is 1.00. The number of likely N-dealkylation sites (N-methyl/N-ethyl adjacent to an activating group) is 1. The van der Waals surface area contributed by atoms with Gasteiger partial charge in [-0.1, -0.05) is 13.8 Å². The summed E-state index contributed by atoms with van der Waals surface area (Å²) in [5.41, 5.74) is 0. The molecule has 2 fully saturated rings. The predicted molar refractivity (Wildman–Crippen MR) is 65.0 cm³/mol. The molecule has 0 aliphatic heterocycles. The molecule has 2 nitrogen and oxygen atoms in total. The van der Waals surface area contributed by atoms with Crippen LogP contribution in [0.25, 0.3) is 0 Å². The van der Waals surface area contributed by atoms with Crippen LogP contribution in [-0.4, -0.2) is 37.6 Å². The Bertz CT molecular complexity index is 179. The largest absolute Gasteiger partial charge is 0.315 e. The normalized spacial score (nSPS) is 33.4. The summed E-state index contributed by atoms with van der Waals surface area (Å²) in [6.45, 7) is 10.5. The first kappa shape index (κ1) is 11.4. The van der Waals surface area contributed by atoms with Crippen LogP contribution in [0.3, 0.4) is 0 Å². The number of nitrogens with zero attached hydrogens (tertiary/aromatic N) is 1. The lowest BCUT2D eigenvalue weighted by Crippen LogP contribution is -2.33. The van der Waals surface area contributed by atoms with E-state index in [9.17, 15) is 0 Å². The third-order valence-corrected chi connectivity index (χ3v) is 4.27. The first-order chi connectivity index (χ1) is 7.33. The van der Waals surface area contributed by atoms with Gasteiger partial charge < -0.3 is 10.2 Å². The van der Waals surface area contributed by atoms with Gasteiger partial charge in [-0.3, -0.25) is 0 Å². The molecule has 0 aromatic rings. The van der Waals surface area contributed by atoms with E-state index in [1.54, 1.807) is 6.42 Å². The highest BCUT2D eigenvalue weighted by molar-refractivity contribution is 4.96. The molecule has 2 aliphatic rings. The quantitative estimate of drug-likeness (QED) is 0.646. The Morgan fingerprint density at radius 3 is 2.33 bits per heavy atom. The monoisotopic (exact) mass is 210 g/mol. The molecule has 2 unspecified atom stereocenters. The Morgan fingerprint density at radius 2 is 1.73 bits per heavy atom. The topological polar surface area (TPSA) is 15.3 Å². The summed E-state index contributed by atoms with van der Waals surface area (Å²) in [6.07, 6.45) is 4.59. The van der Waals surface area contributed by atoms with Crippen LogP contribution in [0, 0.1) is 17.8 Å². The minimum absolute atomic E-state index is 1.01. The number of rotatable bonds is 7. The molecule has 2 atom stereocenters. The molecule has 2 aliphatic carbocycles. The molecular formula is C13H26N2. The van der Waals surface area contributed by atoms with E-state index in [0.717, 1.165) is 17.8 Å². The van der Waals surface area contributed by atoms with Crippen molar-refractivity contribution in [2.24, 2.45) is 17.8 Å². The number of hydrogen-bond acceptors (Lipinski definition) is 2. The van der Waals surface area contributed by atoms with Gasteiger partial charge in [0.25, 0.3) is 0 Å². The first-order valence-electron chi connectivity index (χ1n) is 6.76. The molecule has 0 saturated heterocycles. The van der Waals surface area contributed by atoms with Crippen LogP contribution < -0.4 is 5.32 Å². The highest BCUT2D eigenvalue weighted by Gasteiger charge is 2.45. The Balaban J connectivity index is 1.48. The second-order valence-electron chi connectivity index (χ2n) is 5.32. The van der Waals surface area contributed by atoms with Crippen LogP contribution in [0.2, 0.25) is 0 Å². The molecule has 15 heavy (non-hydrogen) atoms. The zero-order valence-corrected chi connectivity index (χ0v) is 10.3. The summed E-state index contributed by atoms with van der Waals surface area (Å²) >= 11 is 0. The Morgan fingerprint density at radius 1 is 1.07 bits per heavy atom. The Labute approximate surface area is 94.4 Å². The van der Waals surface area contributed by atoms with Gasteiger partial charge in [-0.25, -0.2) is 0 Å². The van der Waals surface area contributed by atoms with Crippen molar-refractivity contribution in [2.75, 3.05) is 32.7 Å². The van der Waals surface area contributed by atoms with E-state index in [1.165, 1.54) is 45.6 Å². The molecule has 0 radical (unpaired) electrons. The fourth-order valence-electron chi connectivity index (χ4n) is 3.09. The third-order valence-electron chi connectivity index (χ3n) is 4.27. The minimum atomic E-state index is 1.01. The van der Waals surface area contributed by atoms with Crippen LogP contribution >= 0.6 is 0 Å². The van der Waals surface area contributed by atoms with Gasteiger partial charge in [0.1, 0.15) is 0 Å². The molecule has 0 spiro atoms. The number of fused-ring (bicyclic) bond motifs is 1. The highest BCUT2D eigenvalue weighted by atomic mass is 15.1. The lowest BCUT2D eigenvalue weighted by Gasteiger charge is -2.19. The standard InChI is InChI=1S/C13H26N2/c1-3-15(4-2)6-5-14-10-11-7-12-9-13(12)8-11/h11-14H,3-10H2,1-2H3. The zero-order valence-electron chi connectivity index (χ0n) is 10.3.